The van der Waals surface area contributed by atoms with Crippen LogP contribution in [0, 0.1) is 5.21 Å². The summed E-state index contributed by atoms with van der Waals surface area (Å²) in [4.78, 5) is 0.870. The Bertz CT molecular complexity index is 392. The smallest absolute Gasteiger partial charge is 0.251 e. The zero-order valence-corrected chi connectivity index (χ0v) is 6.19. The minimum absolute atomic E-state index is 0.718. The van der Waals surface area contributed by atoms with Gasteiger partial charge < -0.3 is 5.21 Å². The van der Waals surface area contributed by atoms with Crippen LogP contribution in [0.4, 0.5) is 0 Å². The van der Waals surface area contributed by atoms with Crippen LogP contribution in [-0.2, 0) is 7.05 Å². The average molecular weight is 148 g/mol. The lowest BCUT2D eigenvalue weighted by atomic mass is 10.3. The van der Waals surface area contributed by atoms with Crippen molar-refractivity contribution in [3.63, 3.8) is 0 Å². The van der Waals surface area contributed by atoms with Gasteiger partial charge in [0.15, 0.2) is 0 Å². The van der Waals surface area contributed by atoms with Crippen LogP contribution in [0.25, 0.3) is 10.9 Å². The maximum atomic E-state index is 11.2. The van der Waals surface area contributed by atoms with Crippen molar-refractivity contribution in [3.05, 3.63) is 35.7 Å². The van der Waals surface area contributed by atoms with Gasteiger partial charge in [-0.05, 0) is 6.07 Å². The Morgan fingerprint density at radius 1 is 1.36 bits per heavy atom. The fourth-order valence-electron chi connectivity index (χ4n) is 1.19. The third kappa shape index (κ3) is 0.774. The molecule has 1 heterocycles. The summed E-state index contributed by atoms with van der Waals surface area (Å²) in [5.74, 6) is 0. The van der Waals surface area contributed by atoms with Gasteiger partial charge in [0, 0.05) is 6.07 Å². The quantitative estimate of drug-likeness (QED) is 0.402. The number of fused-ring (bicyclic) bond motifs is 1. The molecule has 56 valence electrons. The Balaban J connectivity index is 2.92. The first-order chi connectivity index (χ1) is 5.29. The molecule has 1 aromatic heterocycles. The van der Waals surface area contributed by atoms with Crippen LogP contribution in [0.5, 0.6) is 0 Å². The SMILES string of the molecule is Cn1cc2ccccc2[n+]1[O-]. The maximum absolute atomic E-state index is 11.2. The van der Waals surface area contributed by atoms with E-state index < -0.39 is 0 Å². The summed E-state index contributed by atoms with van der Waals surface area (Å²) in [5.41, 5.74) is 0.718. The molecule has 1 aromatic carbocycles. The molecule has 0 fully saturated rings. The van der Waals surface area contributed by atoms with Crippen molar-refractivity contribution >= 4 is 10.9 Å². The zero-order chi connectivity index (χ0) is 7.84. The number of aromatic nitrogens is 2. The van der Waals surface area contributed by atoms with Crippen LogP contribution in [0.2, 0.25) is 0 Å². The number of hydrogen-bond acceptors (Lipinski definition) is 1. The summed E-state index contributed by atoms with van der Waals surface area (Å²) in [6, 6.07) is 7.51. The van der Waals surface area contributed by atoms with Crippen LogP contribution in [0.3, 0.4) is 0 Å². The largest absolute Gasteiger partial charge is 0.595 e. The molecule has 2 aromatic rings. The average Bonchev–Trinajstić information content (AvgIpc) is 2.30. The van der Waals surface area contributed by atoms with Crippen LogP contribution >= 0.6 is 0 Å². The van der Waals surface area contributed by atoms with Crippen molar-refractivity contribution in [3.8, 4) is 0 Å². The fraction of sp³-hybridized carbons (Fsp3) is 0.125. The molecule has 0 amide bonds. The molecular formula is C8H8N2O. The van der Waals surface area contributed by atoms with Crippen molar-refractivity contribution in [2.45, 2.75) is 0 Å². The van der Waals surface area contributed by atoms with Crippen LogP contribution in [0.1, 0.15) is 0 Å². The second-order valence-electron chi connectivity index (χ2n) is 2.53. The van der Waals surface area contributed by atoms with E-state index >= 15 is 0 Å². The van der Waals surface area contributed by atoms with Crippen molar-refractivity contribution in [1.82, 2.24) is 4.68 Å². The van der Waals surface area contributed by atoms with Gasteiger partial charge in [-0.2, -0.15) is 4.68 Å². The van der Waals surface area contributed by atoms with Crippen molar-refractivity contribution < 1.29 is 4.85 Å². The van der Waals surface area contributed by atoms with Gasteiger partial charge in [-0.1, -0.05) is 17.0 Å². The molecule has 2 rings (SSSR count). The molecule has 0 saturated carbocycles. The highest BCUT2D eigenvalue weighted by Crippen LogP contribution is 2.07. The Morgan fingerprint density at radius 3 is 2.82 bits per heavy atom. The summed E-state index contributed by atoms with van der Waals surface area (Å²) in [6.07, 6.45) is 1.81. The molecule has 0 radical (unpaired) electrons. The first-order valence-corrected chi connectivity index (χ1v) is 3.43. The Labute approximate surface area is 64.0 Å². The van der Waals surface area contributed by atoms with E-state index in [1.54, 1.807) is 7.05 Å². The standard InChI is InChI=1S/C8H8N2O/c1-9-6-7-4-2-3-5-8(7)10(9)11/h2-6H,1H3. The molecule has 0 atom stereocenters. The summed E-state index contributed by atoms with van der Waals surface area (Å²) in [5, 5.41) is 12.2. The van der Waals surface area contributed by atoms with Gasteiger partial charge in [0.25, 0.3) is 5.52 Å². The third-order valence-electron chi connectivity index (χ3n) is 1.76. The molecule has 0 aliphatic heterocycles. The van der Waals surface area contributed by atoms with E-state index in [9.17, 15) is 5.21 Å². The molecule has 0 aliphatic carbocycles. The van der Waals surface area contributed by atoms with E-state index in [0.29, 0.717) is 0 Å². The first-order valence-electron chi connectivity index (χ1n) is 3.43. The molecule has 3 heteroatoms. The van der Waals surface area contributed by atoms with E-state index in [0.717, 1.165) is 15.7 Å². The Hall–Kier alpha value is -1.51. The highest BCUT2D eigenvalue weighted by molar-refractivity contribution is 5.74. The minimum Gasteiger partial charge on any atom is -0.595 e. The van der Waals surface area contributed by atoms with Gasteiger partial charge in [0.05, 0.1) is 18.6 Å². The van der Waals surface area contributed by atoms with Crippen LogP contribution < -0.4 is 4.85 Å². The monoisotopic (exact) mass is 148 g/mol. The summed E-state index contributed by atoms with van der Waals surface area (Å²) < 4.78 is 1.52. The van der Waals surface area contributed by atoms with Gasteiger partial charge in [-0.15, -0.1) is 0 Å². The summed E-state index contributed by atoms with van der Waals surface area (Å²) in [7, 11) is 1.73. The molecular weight excluding hydrogens is 140 g/mol. The van der Waals surface area contributed by atoms with E-state index in [1.807, 2.05) is 30.5 Å². The van der Waals surface area contributed by atoms with E-state index in [4.69, 9.17) is 0 Å². The Morgan fingerprint density at radius 2 is 2.09 bits per heavy atom. The van der Waals surface area contributed by atoms with Gasteiger partial charge in [-0.25, -0.2) is 0 Å². The summed E-state index contributed by atoms with van der Waals surface area (Å²) >= 11 is 0. The number of hydrogen-bond donors (Lipinski definition) is 0. The van der Waals surface area contributed by atoms with E-state index in [-0.39, 0.29) is 0 Å². The molecule has 0 unspecified atom stereocenters. The van der Waals surface area contributed by atoms with Gasteiger partial charge in [0.2, 0.25) is 0 Å². The first kappa shape index (κ1) is 6.22. The molecule has 0 spiro atoms. The van der Waals surface area contributed by atoms with Gasteiger partial charge in [-0.3, -0.25) is 0 Å². The topological polar surface area (TPSA) is 31.9 Å². The highest BCUT2D eigenvalue weighted by atomic mass is 16.5. The Kier molecular flexibility index (Phi) is 1.12. The van der Waals surface area contributed by atoms with E-state index in [2.05, 4.69) is 0 Å². The molecule has 0 N–H and O–H groups in total. The number of rotatable bonds is 0. The molecule has 0 saturated heterocycles. The molecule has 3 nitrogen and oxygen atoms in total. The zero-order valence-electron chi connectivity index (χ0n) is 6.19. The number of nitrogens with zero attached hydrogens (tertiary/aromatic N) is 2. The molecule has 0 bridgehead atoms. The van der Waals surface area contributed by atoms with Crippen molar-refractivity contribution in [1.29, 1.82) is 0 Å². The number of benzene rings is 1. The third-order valence-corrected chi connectivity index (χ3v) is 1.76. The lowest BCUT2D eigenvalue weighted by Crippen LogP contribution is -2.34. The van der Waals surface area contributed by atoms with Gasteiger partial charge >= 0.3 is 0 Å². The predicted octanol–water partition coefficient (Wildman–Crippen LogP) is 0.812. The van der Waals surface area contributed by atoms with Gasteiger partial charge in [0.1, 0.15) is 0 Å². The van der Waals surface area contributed by atoms with E-state index in [1.165, 1.54) is 4.68 Å². The maximum Gasteiger partial charge on any atom is 0.251 e. The molecule has 11 heavy (non-hydrogen) atoms. The second kappa shape index (κ2) is 1.99. The highest BCUT2D eigenvalue weighted by Gasteiger charge is 2.05. The normalized spacial score (nSPS) is 10.6. The lowest BCUT2D eigenvalue weighted by Gasteiger charge is -1.93. The number of aryl methyl sites for hydroxylation is 1. The summed E-state index contributed by atoms with van der Waals surface area (Å²) in [6.45, 7) is 0. The molecule has 0 aliphatic rings. The van der Waals surface area contributed by atoms with Crippen LogP contribution in [0.15, 0.2) is 30.5 Å². The van der Waals surface area contributed by atoms with Crippen LogP contribution in [-0.4, -0.2) is 4.68 Å². The number of para-hydroxylation sites is 1. The second-order valence-corrected chi connectivity index (χ2v) is 2.53. The predicted molar refractivity (Wildman–Crippen MR) is 41.9 cm³/mol. The fourth-order valence-corrected chi connectivity index (χ4v) is 1.19. The van der Waals surface area contributed by atoms with Crippen molar-refractivity contribution in [2.24, 2.45) is 7.05 Å². The lowest BCUT2D eigenvalue weighted by molar-refractivity contribution is -0.667. The minimum atomic E-state index is 0.718. The van der Waals surface area contributed by atoms with Crippen molar-refractivity contribution in [2.75, 3.05) is 0 Å².